The van der Waals surface area contributed by atoms with E-state index in [0.717, 1.165) is 18.5 Å². The number of hydrogen-bond donors (Lipinski definition) is 1. The summed E-state index contributed by atoms with van der Waals surface area (Å²) in [4.78, 5) is 11.2. The summed E-state index contributed by atoms with van der Waals surface area (Å²) in [5.41, 5.74) is 1.41. The van der Waals surface area contributed by atoms with Crippen LogP contribution in [0.1, 0.15) is 18.5 Å². The highest BCUT2D eigenvalue weighted by molar-refractivity contribution is 5.94. The molecule has 64 valence electrons. The molecule has 2 rings (SSSR count). The first-order valence-corrected chi connectivity index (χ1v) is 3.99. The van der Waals surface area contributed by atoms with Crippen molar-refractivity contribution in [3.63, 3.8) is 0 Å². The van der Waals surface area contributed by atoms with Crippen molar-refractivity contribution in [2.45, 2.75) is 19.8 Å². The minimum Gasteiger partial charge on any atom is -0.362 e. The van der Waals surface area contributed by atoms with E-state index in [1.165, 1.54) is 6.26 Å². The fourth-order valence-electron chi connectivity index (χ4n) is 0.993. The molecule has 0 aromatic carbocycles. The van der Waals surface area contributed by atoms with E-state index in [2.05, 4.69) is 15.0 Å². The van der Waals surface area contributed by atoms with Crippen LogP contribution in [0, 0.1) is 12.8 Å². The fraction of sp³-hybridized carbons (Fsp3) is 0.500. The van der Waals surface area contributed by atoms with Gasteiger partial charge in [-0.1, -0.05) is 5.16 Å². The molecule has 0 bridgehead atoms. The van der Waals surface area contributed by atoms with Gasteiger partial charge in [-0.2, -0.15) is 0 Å². The van der Waals surface area contributed by atoms with Crippen LogP contribution in [0.3, 0.4) is 0 Å². The Kier molecular flexibility index (Phi) is 1.60. The molecule has 1 saturated carbocycles. The molecule has 1 aromatic rings. The van der Waals surface area contributed by atoms with Gasteiger partial charge in [0.25, 0.3) is 0 Å². The number of aromatic nitrogens is 1. The highest BCUT2D eigenvalue weighted by Gasteiger charge is 2.30. The molecule has 0 radical (unpaired) electrons. The maximum absolute atomic E-state index is 11.2. The molecule has 1 amide bonds. The molecule has 4 heteroatoms. The number of carbonyl (C=O) groups is 1. The minimum absolute atomic E-state index is 0.0845. The van der Waals surface area contributed by atoms with E-state index in [4.69, 9.17) is 0 Å². The Balaban J connectivity index is 2.02. The van der Waals surface area contributed by atoms with Gasteiger partial charge in [-0.15, -0.1) is 0 Å². The van der Waals surface area contributed by atoms with Gasteiger partial charge in [0.15, 0.2) is 0 Å². The van der Waals surface area contributed by atoms with Crippen molar-refractivity contribution in [1.29, 1.82) is 0 Å². The summed E-state index contributed by atoms with van der Waals surface area (Å²) >= 11 is 0. The second-order valence-corrected chi connectivity index (χ2v) is 3.08. The first-order valence-electron chi connectivity index (χ1n) is 3.99. The molecule has 0 spiro atoms. The predicted molar refractivity (Wildman–Crippen MR) is 42.6 cm³/mol. The molecule has 1 aliphatic carbocycles. The van der Waals surface area contributed by atoms with E-state index in [0.29, 0.717) is 5.69 Å². The van der Waals surface area contributed by atoms with E-state index in [9.17, 15) is 4.79 Å². The molecule has 0 aliphatic heterocycles. The maximum atomic E-state index is 11.2. The maximum Gasteiger partial charge on any atom is 0.227 e. The largest absolute Gasteiger partial charge is 0.362 e. The van der Waals surface area contributed by atoms with Crippen LogP contribution in [0.15, 0.2) is 10.8 Å². The molecule has 1 aromatic heterocycles. The second kappa shape index (κ2) is 2.62. The summed E-state index contributed by atoms with van der Waals surface area (Å²) in [6.07, 6.45) is 3.47. The summed E-state index contributed by atoms with van der Waals surface area (Å²) in [6.45, 7) is 1.80. The Morgan fingerprint density at radius 2 is 2.50 bits per heavy atom. The van der Waals surface area contributed by atoms with Crippen molar-refractivity contribution < 1.29 is 9.32 Å². The van der Waals surface area contributed by atoms with Gasteiger partial charge < -0.3 is 9.84 Å². The van der Waals surface area contributed by atoms with Crippen molar-refractivity contribution in [3.05, 3.63) is 12.0 Å². The summed E-state index contributed by atoms with van der Waals surface area (Å²) in [7, 11) is 0. The van der Waals surface area contributed by atoms with E-state index < -0.39 is 0 Å². The standard InChI is InChI=1S/C8H10N2O2/c1-5-7(4-12-10-5)9-8(11)6-2-3-6/h4,6H,2-3H2,1H3,(H,9,11). The highest BCUT2D eigenvalue weighted by atomic mass is 16.5. The van der Waals surface area contributed by atoms with Crippen molar-refractivity contribution in [1.82, 2.24) is 5.16 Å². The summed E-state index contributed by atoms with van der Waals surface area (Å²) in [6, 6.07) is 0. The monoisotopic (exact) mass is 166 g/mol. The van der Waals surface area contributed by atoms with Crippen LogP contribution in [0.5, 0.6) is 0 Å². The molecule has 1 heterocycles. The number of hydrogen-bond acceptors (Lipinski definition) is 3. The van der Waals surface area contributed by atoms with Crippen LogP contribution in [-0.4, -0.2) is 11.1 Å². The lowest BCUT2D eigenvalue weighted by Crippen LogP contribution is -2.13. The van der Waals surface area contributed by atoms with Crippen molar-refractivity contribution >= 4 is 11.6 Å². The number of anilines is 1. The smallest absolute Gasteiger partial charge is 0.227 e. The number of nitrogens with zero attached hydrogens (tertiary/aromatic N) is 1. The average Bonchev–Trinajstić information content (AvgIpc) is 2.80. The molecular formula is C8H10N2O2. The topological polar surface area (TPSA) is 55.1 Å². The zero-order valence-electron chi connectivity index (χ0n) is 6.83. The number of rotatable bonds is 2. The van der Waals surface area contributed by atoms with Crippen LogP contribution in [0.4, 0.5) is 5.69 Å². The van der Waals surface area contributed by atoms with E-state index in [-0.39, 0.29) is 11.8 Å². The zero-order chi connectivity index (χ0) is 8.55. The lowest BCUT2D eigenvalue weighted by atomic mass is 10.3. The molecule has 0 atom stereocenters. The lowest BCUT2D eigenvalue weighted by molar-refractivity contribution is -0.117. The SMILES string of the molecule is Cc1nocc1NC(=O)C1CC1. The van der Waals surface area contributed by atoms with Gasteiger partial charge in [-0.3, -0.25) is 4.79 Å². The summed E-state index contributed by atoms with van der Waals surface area (Å²) in [5.74, 6) is 0.306. The Morgan fingerprint density at radius 3 is 3.00 bits per heavy atom. The van der Waals surface area contributed by atoms with Crippen LogP contribution in [0.25, 0.3) is 0 Å². The molecule has 0 unspecified atom stereocenters. The molecule has 1 N–H and O–H groups in total. The third kappa shape index (κ3) is 1.32. The highest BCUT2D eigenvalue weighted by Crippen LogP contribution is 2.30. The van der Waals surface area contributed by atoms with Gasteiger partial charge in [0.2, 0.25) is 5.91 Å². The third-order valence-corrected chi connectivity index (χ3v) is 1.96. The summed E-state index contributed by atoms with van der Waals surface area (Å²) in [5, 5.41) is 6.42. The zero-order valence-corrected chi connectivity index (χ0v) is 6.83. The van der Waals surface area contributed by atoms with E-state index in [1.807, 2.05) is 0 Å². The minimum atomic E-state index is 0.0845. The van der Waals surface area contributed by atoms with Crippen LogP contribution in [-0.2, 0) is 4.79 Å². The van der Waals surface area contributed by atoms with Crippen LogP contribution in [0.2, 0.25) is 0 Å². The fourth-order valence-corrected chi connectivity index (χ4v) is 0.993. The van der Waals surface area contributed by atoms with Gasteiger partial charge in [0.1, 0.15) is 17.6 Å². The average molecular weight is 166 g/mol. The number of carbonyl (C=O) groups excluding carboxylic acids is 1. The van der Waals surface area contributed by atoms with Gasteiger partial charge >= 0.3 is 0 Å². The van der Waals surface area contributed by atoms with Crippen molar-refractivity contribution in [2.75, 3.05) is 5.32 Å². The van der Waals surface area contributed by atoms with Gasteiger partial charge in [-0.05, 0) is 19.8 Å². The van der Waals surface area contributed by atoms with Crippen molar-refractivity contribution in [3.8, 4) is 0 Å². The third-order valence-electron chi connectivity index (χ3n) is 1.96. The molecule has 0 saturated heterocycles. The van der Waals surface area contributed by atoms with Crippen molar-refractivity contribution in [2.24, 2.45) is 5.92 Å². The van der Waals surface area contributed by atoms with Gasteiger partial charge in [0, 0.05) is 5.92 Å². The molecular weight excluding hydrogens is 156 g/mol. The quantitative estimate of drug-likeness (QED) is 0.721. The van der Waals surface area contributed by atoms with Gasteiger partial charge in [-0.25, -0.2) is 0 Å². The van der Waals surface area contributed by atoms with Gasteiger partial charge in [0.05, 0.1) is 0 Å². The second-order valence-electron chi connectivity index (χ2n) is 3.08. The number of nitrogens with one attached hydrogen (secondary N) is 1. The predicted octanol–water partition coefficient (Wildman–Crippen LogP) is 1.33. The first-order chi connectivity index (χ1) is 5.77. The Morgan fingerprint density at radius 1 is 1.75 bits per heavy atom. The van der Waals surface area contributed by atoms with E-state index >= 15 is 0 Å². The Hall–Kier alpha value is -1.32. The summed E-state index contributed by atoms with van der Waals surface area (Å²) < 4.78 is 4.68. The molecule has 1 aliphatic rings. The first kappa shape index (κ1) is 7.34. The van der Waals surface area contributed by atoms with Crippen LogP contribution < -0.4 is 5.32 Å². The molecule has 12 heavy (non-hydrogen) atoms. The molecule has 1 fully saturated rings. The molecule has 4 nitrogen and oxygen atoms in total. The Bertz CT molecular complexity index is 302. The number of aryl methyl sites for hydroxylation is 1. The van der Waals surface area contributed by atoms with Crippen LogP contribution >= 0.6 is 0 Å². The van der Waals surface area contributed by atoms with E-state index in [1.54, 1.807) is 6.92 Å². The lowest BCUT2D eigenvalue weighted by Gasteiger charge is -1.98. The Labute approximate surface area is 69.9 Å². The number of amides is 1. The normalized spacial score (nSPS) is 16.1.